The molecule has 0 aliphatic carbocycles. The molecule has 0 aromatic carbocycles. The van der Waals surface area contributed by atoms with Gasteiger partial charge in [0.25, 0.3) is 0 Å². The first-order valence-electron chi connectivity index (χ1n) is 5.45. The van der Waals surface area contributed by atoms with Crippen molar-refractivity contribution in [3.8, 4) is 0 Å². The quantitative estimate of drug-likeness (QED) is 0.367. The van der Waals surface area contributed by atoms with Crippen LogP contribution in [-0.2, 0) is 51.9 Å². The van der Waals surface area contributed by atoms with Gasteiger partial charge in [-0.2, -0.15) is 0 Å². The largest absolute Gasteiger partial charge is 0.540 e. The number of ketones is 1. The molecule has 1 rings (SSSR count). The molecular formula is C10H15N4O4Y-. The Hall–Kier alpha value is -0.696. The number of rotatable bonds is 1. The predicted molar refractivity (Wildman–Crippen MR) is 61.1 cm³/mol. The first kappa shape index (κ1) is 18.3. The van der Waals surface area contributed by atoms with E-state index in [0.717, 1.165) is 0 Å². The molecule has 103 valence electrons. The Morgan fingerprint density at radius 2 is 1.79 bits per heavy atom. The molecule has 5 N–H and O–H groups in total. The summed E-state index contributed by atoms with van der Waals surface area (Å²) in [4.78, 5) is 44.7. The Morgan fingerprint density at radius 1 is 1.11 bits per heavy atom. The number of carbonyl (C=O) groups excluding carboxylic acids is 4. The fraction of sp³-hybridized carbons (Fsp3) is 0.600. The molecular weight excluding hydrogens is 329 g/mol. The van der Waals surface area contributed by atoms with Gasteiger partial charge in [-0.15, -0.1) is 0 Å². The van der Waals surface area contributed by atoms with Crippen molar-refractivity contribution < 1.29 is 51.9 Å². The van der Waals surface area contributed by atoms with Gasteiger partial charge >= 0.3 is 0 Å². The van der Waals surface area contributed by atoms with Crippen molar-refractivity contribution in [2.75, 3.05) is 19.6 Å². The van der Waals surface area contributed by atoms with Gasteiger partial charge in [-0.05, 0) is 0 Å². The van der Waals surface area contributed by atoms with E-state index in [9.17, 15) is 19.2 Å². The molecule has 1 saturated heterocycles. The average Bonchev–Trinajstić information content (AvgIpc) is 2.36. The van der Waals surface area contributed by atoms with Crippen molar-refractivity contribution in [3.05, 3.63) is 0 Å². The summed E-state index contributed by atoms with van der Waals surface area (Å²) < 4.78 is 0. The third kappa shape index (κ3) is 6.86. The normalized spacial score (nSPS) is 26.1. The summed E-state index contributed by atoms with van der Waals surface area (Å²) in [6.07, 6.45) is 1.44. The van der Waals surface area contributed by atoms with Crippen molar-refractivity contribution in [2.24, 2.45) is 5.73 Å². The molecule has 0 bridgehead atoms. The molecule has 2 atom stereocenters. The molecule has 8 nitrogen and oxygen atoms in total. The van der Waals surface area contributed by atoms with Crippen molar-refractivity contribution in [1.82, 2.24) is 16.0 Å². The van der Waals surface area contributed by atoms with Crippen LogP contribution in [-0.4, -0.2) is 55.6 Å². The van der Waals surface area contributed by atoms with E-state index >= 15 is 0 Å². The zero-order chi connectivity index (χ0) is 13.5. The number of hydrogen-bond acceptors (Lipinski definition) is 6. The summed E-state index contributed by atoms with van der Waals surface area (Å²) in [6.45, 7) is -0.375. The fourth-order valence-electron chi connectivity index (χ4n) is 1.35. The molecule has 0 aromatic rings. The van der Waals surface area contributed by atoms with Crippen LogP contribution in [0.1, 0.15) is 6.42 Å². The van der Waals surface area contributed by atoms with Crippen molar-refractivity contribution in [1.29, 1.82) is 0 Å². The van der Waals surface area contributed by atoms with Crippen molar-refractivity contribution in [3.63, 3.8) is 0 Å². The Kier molecular flexibility index (Phi) is 8.91. The zero-order valence-electron chi connectivity index (χ0n) is 10.3. The van der Waals surface area contributed by atoms with Crippen LogP contribution in [0.25, 0.3) is 0 Å². The number of amides is 2. The minimum atomic E-state index is -0.886. The second kappa shape index (κ2) is 9.25. The van der Waals surface area contributed by atoms with E-state index in [2.05, 4.69) is 16.0 Å². The van der Waals surface area contributed by atoms with Crippen LogP contribution in [0, 0.1) is 0 Å². The maximum Gasteiger partial charge on any atom is 0.239 e. The third-order valence-electron chi connectivity index (χ3n) is 2.43. The molecule has 0 saturated carbocycles. The molecule has 2 unspecified atom stereocenters. The van der Waals surface area contributed by atoms with Gasteiger partial charge in [0.15, 0.2) is 5.78 Å². The van der Waals surface area contributed by atoms with Gasteiger partial charge in [0.1, 0.15) is 0 Å². The van der Waals surface area contributed by atoms with Crippen LogP contribution in [0.4, 0.5) is 0 Å². The summed E-state index contributed by atoms with van der Waals surface area (Å²) in [5.41, 5.74) is 5.54. The number of hydrogen-bond donors (Lipinski definition) is 4. The van der Waals surface area contributed by atoms with E-state index in [1.165, 1.54) is 0 Å². The topological polar surface area (TPSA) is 130 Å². The molecule has 1 radical (unpaired) electrons. The number of Topliss-reactive ketones (excluding diaryl/α,β-unsaturated/α-hetero) is 1. The number of nitrogens with one attached hydrogen (secondary N) is 3. The number of carbonyl (C=O) groups is 3. The van der Waals surface area contributed by atoms with Gasteiger partial charge in [-0.3, -0.25) is 14.4 Å². The average molecular weight is 344 g/mol. The zero-order valence-corrected chi connectivity index (χ0v) is 13.1. The molecule has 1 aliphatic rings. The van der Waals surface area contributed by atoms with E-state index in [0.29, 0.717) is 0 Å². The summed E-state index contributed by atoms with van der Waals surface area (Å²) in [6, 6.07) is -1.73. The van der Waals surface area contributed by atoms with E-state index in [1.54, 1.807) is 6.29 Å². The molecule has 1 heterocycles. The Balaban J connectivity index is 0.00000324. The molecule has 1 aliphatic heterocycles. The van der Waals surface area contributed by atoms with E-state index < -0.39 is 23.9 Å². The standard InChI is InChI=1S/C10H15N4O4.Y/c11-7-2-13-10(18)4-14-9(17)1-6(5-15)12-3-8(7)16;/h6-7,12H,1-4,11H2,(H,13,18)(H,14,17);/q-1;. The summed E-state index contributed by atoms with van der Waals surface area (Å²) >= 11 is 0. The molecule has 0 aromatic heterocycles. The first-order valence-corrected chi connectivity index (χ1v) is 5.45. The smallest absolute Gasteiger partial charge is 0.239 e. The predicted octanol–water partition coefficient (Wildman–Crippen LogP) is -3.42. The summed E-state index contributed by atoms with van der Waals surface area (Å²) in [7, 11) is 0. The van der Waals surface area contributed by atoms with Gasteiger partial charge < -0.3 is 26.5 Å². The van der Waals surface area contributed by atoms with Gasteiger partial charge in [-0.1, -0.05) is 6.04 Å². The van der Waals surface area contributed by atoms with E-state index in [-0.39, 0.29) is 64.5 Å². The van der Waals surface area contributed by atoms with Gasteiger partial charge in [0.2, 0.25) is 11.8 Å². The molecule has 19 heavy (non-hydrogen) atoms. The van der Waals surface area contributed by atoms with Crippen molar-refractivity contribution in [2.45, 2.75) is 18.5 Å². The van der Waals surface area contributed by atoms with E-state index in [1.807, 2.05) is 0 Å². The maximum absolute atomic E-state index is 11.5. The van der Waals surface area contributed by atoms with Gasteiger partial charge in [0, 0.05) is 45.7 Å². The summed E-state index contributed by atoms with van der Waals surface area (Å²) in [5, 5.41) is 7.35. The van der Waals surface area contributed by atoms with Crippen LogP contribution >= 0.6 is 0 Å². The van der Waals surface area contributed by atoms with Crippen LogP contribution in [0.3, 0.4) is 0 Å². The molecule has 0 spiro atoms. The Morgan fingerprint density at radius 3 is 2.42 bits per heavy atom. The first-order chi connectivity index (χ1) is 8.52. The Labute approximate surface area is 135 Å². The second-order valence-electron chi connectivity index (χ2n) is 3.91. The van der Waals surface area contributed by atoms with Crippen LogP contribution in [0.15, 0.2) is 0 Å². The maximum atomic E-state index is 11.5. The van der Waals surface area contributed by atoms with Gasteiger partial charge in [-0.25, -0.2) is 6.29 Å². The second-order valence-corrected chi connectivity index (χ2v) is 3.91. The van der Waals surface area contributed by atoms with Gasteiger partial charge in [0.05, 0.1) is 19.1 Å². The molecule has 1 fully saturated rings. The Bertz CT molecular complexity index is 363. The SMILES string of the molecule is NC1CNC(=O)CNC(=O)CC([C-]=O)NCC1=O.[Y]. The molecule has 9 heteroatoms. The fourth-order valence-corrected chi connectivity index (χ4v) is 1.35. The molecule has 2 amide bonds. The van der Waals surface area contributed by atoms with Crippen LogP contribution in [0.2, 0.25) is 0 Å². The minimum Gasteiger partial charge on any atom is -0.540 e. The monoisotopic (exact) mass is 344 g/mol. The van der Waals surface area contributed by atoms with Crippen LogP contribution in [0.5, 0.6) is 0 Å². The minimum absolute atomic E-state index is 0. The number of nitrogens with two attached hydrogens (primary N) is 1. The van der Waals surface area contributed by atoms with E-state index in [4.69, 9.17) is 5.73 Å². The summed E-state index contributed by atoms with van der Waals surface area (Å²) in [5.74, 6) is -1.26. The third-order valence-corrected chi connectivity index (χ3v) is 2.43. The van der Waals surface area contributed by atoms with Crippen LogP contribution < -0.4 is 21.7 Å². The van der Waals surface area contributed by atoms with Crippen molar-refractivity contribution >= 4 is 23.9 Å².